The van der Waals surface area contributed by atoms with Crippen LogP contribution in [0.25, 0.3) is 0 Å². The van der Waals surface area contributed by atoms with E-state index in [4.69, 9.17) is 18.9 Å². The van der Waals surface area contributed by atoms with E-state index in [9.17, 15) is 24.3 Å². The number of rotatable bonds is 23. The number of benzene rings is 2. The Morgan fingerprint density at radius 3 is 1.82 bits per heavy atom. The van der Waals surface area contributed by atoms with Crippen molar-refractivity contribution in [3.05, 3.63) is 84.0 Å². The lowest BCUT2D eigenvalue weighted by atomic mass is 9.79. The van der Waals surface area contributed by atoms with Gasteiger partial charge in [0.25, 0.3) is 0 Å². The Kier molecular flexibility index (Phi) is 16.6. The van der Waals surface area contributed by atoms with Crippen LogP contribution in [0.5, 0.6) is 11.5 Å². The van der Waals surface area contributed by atoms with Gasteiger partial charge >= 0.3 is 23.9 Å². The first-order chi connectivity index (χ1) is 26.7. The maximum absolute atomic E-state index is 13.4. The molecule has 55 heavy (non-hydrogen) atoms. The maximum atomic E-state index is 13.4. The Labute approximate surface area is 326 Å². The molecule has 3 unspecified atom stereocenters. The summed E-state index contributed by atoms with van der Waals surface area (Å²) in [4.78, 5) is 48.9. The minimum atomic E-state index is -0.474. The maximum Gasteiger partial charge on any atom is 0.343 e. The van der Waals surface area contributed by atoms with Gasteiger partial charge in [0.2, 0.25) is 0 Å². The smallest absolute Gasteiger partial charge is 0.343 e. The van der Waals surface area contributed by atoms with E-state index in [-0.39, 0.29) is 17.9 Å². The first-order valence-corrected chi connectivity index (χ1v) is 20.7. The summed E-state index contributed by atoms with van der Waals surface area (Å²) in [6, 6.07) is 10.8. The van der Waals surface area contributed by atoms with E-state index in [2.05, 4.69) is 13.2 Å². The van der Waals surface area contributed by atoms with Crippen molar-refractivity contribution in [1.29, 1.82) is 0 Å². The molecule has 0 radical (unpaired) electrons. The lowest BCUT2D eigenvalue weighted by Crippen LogP contribution is -2.26. The first-order valence-electron chi connectivity index (χ1n) is 20.7. The topological polar surface area (TPSA) is 125 Å². The fourth-order valence-electron chi connectivity index (χ4n) is 8.68. The van der Waals surface area contributed by atoms with Crippen LogP contribution in [-0.2, 0) is 30.3 Å². The van der Waals surface area contributed by atoms with E-state index in [1.54, 1.807) is 18.2 Å². The summed E-state index contributed by atoms with van der Waals surface area (Å²) in [5, 5.41) is 10.5. The Bertz CT molecular complexity index is 1600. The van der Waals surface area contributed by atoms with Gasteiger partial charge in [0.15, 0.2) is 0 Å². The van der Waals surface area contributed by atoms with Gasteiger partial charge < -0.3 is 24.1 Å². The Hall–Kier alpha value is -4.24. The molecule has 5 rings (SSSR count). The van der Waals surface area contributed by atoms with Crippen molar-refractivity contribution in [2.75, 3.05) is 13.2 Å². The van der Waals surface area contributed by atoms with Crippen molar-refractivity contribution >= 4 is 23.9 Å². The third-order valence-electron chi connectivity index (χ3n) is 11.7. The third kappa shape index (κ3) is 12.6. The molecule has 2 aromatic carbocycles. The van der Waals surface area contributed by atoms with Gasteiger partial charge in [0, 0.05) is 23.3 Å². The second-order valence-electron chi connectivity index (χ2n) is 15.7. The molecule has 9 nitrogen and oxygen atoms in total. The molecule has 2 fully saturated rings. The number of carbonyl (C=O) groups excluding carboxylic acids is 4. The molecular formula is C46H60O9. The zero-order chi connectivity index (χ0) is 39.0. The molecule has 3 aliphatic rings. The monoisotopic (exact) mass is 756 g/mol. The molecule has 2 aromatic rings. The highest BCUT2D eigenvalue weighted by atomic mass is 16.5. The number of aliphatic hydroxyl groups is 1. The molecule has 2 bridgehead atoms. The van der Waals surface area contributed by atoms with Crippen LogP contribution in [0.3, 0.4) is 0 Å². The van der Waals surface area contributed by atoms with E-state index >= 15 is 0 Å². The zero-order valence-electron chi connectivity index (χ0n) is 32.5. The van der Waals surface area contributed by atoms with Crippen LogP contribution < -0.4 is 9.47 Å². The molecule has 0 saturated heterocycles. The Morgan fingerprint density at radius 2 is 1.22 bits per heavy atom. The van der Waals surface area contributed by atoms with Crippen molar-refractivity contribution in [3.8, 4) is 11.5 Å². The minimum absolute atomic E-state index is 0.0858. The summed E-state index contributed by atoms with van der Waals surface area (Å²) in [7, 11) is 0. The van der Waals surface area contributed by atoms with Crippen LogP contribution in [0, 0.1) is 11.8 Å². The lowest BCUT2D eigenvalue weighted by molar-refractivity contribution is -0.140. The summed E-state index contributed by atoms with van der Waals surface area (Å²) in [5.74, 6) is 1.04. The van der Waals surface area contributed by atoms with Crippen LogP contribution in [0.15, 0.2) is 61.7 Å². The van der Waals surface area contributed by atoms with Crippen LogP contribution >= 0.6 is 0 Å². The number of carbonyl (C=O) groups is 4. The number of hydrogen-bond donors (Lipinski definition) is 1. The number of unbranched alkanes of at least 4 members (excludes halogenated alkanes) is 7. The molecule has 0 aliphatic heterocycles. The molecule has 3 atom stereocenters. The summed E-state index contributed by atoms with van der Waals surface area (Å²) >= 11 is 0. The molecule has 1 N–H and O–H groups in total. The van der Waals surface area contributed by atoms with Gasteiger partial charge in [0.1, 0.15) is 11.5 Å². The van der Waals surface area contributed by atoms with Crippen molar-refractivity contribution in [1.82, 2.24) is 0 Å². The molecule has 0 spiro atoms. The van der Waals surface area contributed by atoms with E-state index in [1.807, 2.05) is 18.2 Å². The lowest BCUT2D eigenvalue weighted by Gasteiger charge is -2.28. The van der Waals surface area contributed by atoms with Gasteiger partial charge in [-0.15, -0.1) is 0 Å². The second-order valence-corrected chi connectivity index (χ2v) is 15.7. The van der Waals surface area contributed by atoms with Gasteiger partial charge in [-0.05, 0) is 118 Å². The zero-order valence-corrected chi connectivity index (χ0v) is 32.5. The largest absolute Gasteiger partial charge is 0.463 e. The van der Waals surface area contributed by atoms with Crippen molar-refractivity contribution in [2.45, 2.75) is 140 Å². The van der Waals surface area contributed by atoms with Gasteiger partial charge in [-0.2, -0.15) is 0 Å². The molecule has 0 heterocycles. The fourth-order valence-corrected chi connectivity index (χ4v) is 8.68. The van der Waals surface area contributed by atoms with Crippen molar-refractivity contribution in [2.24, 2.45) is 11.8 Å². The average Bonchev–Trinajstić information content (AvgIpc) is 3.83. The number of hydrogen-bond acceptors (Lipinski definition) is 9. The summed E-state index contributed by atoms with van der Waals surface area (Å²) < 4.78 is 22.2. The third-order valence-corrected chi connectivity index (χ3v) is 11.7. The molecule has 3 aliphatic carbocycles. The molecule has 0 amide bonds. The van der Waals surface area contributed by atoms with Gasteiger partial charge in [-0.25, -0.2) is 14.4 Å². The minimum Gasteiger partial charge on any atom is -0.463 e. The Morgan fingerprint density at radius 1 is 0.673 bits per heavy atom. The highest BCUT2D eigenvalue weighted by Gasteiger charge is 2.42. The molecular weight excluding hydrogens is 696 g/mol. The number of aliphatic hydroxyl groups excluding tert-OH is 1. The highest BCUT2D eigenvalue weighted by Crippen LogP contribution is 2.59. The molecule has 2 saturated carbocycles. The van der Waals surface area contributed by atoms with Crippen LogP contribution in [0.2, 0.25) is 0 Å². The summed E-state index contributed by atoms with van der Waals surface area (Å²) in [6.07, 6.45) is 20.2. The fraction of sp³-hybridized carbons (Fsp3) is 0.565. The van der Waals surface area contributed by atoms with Crippen molar-refractivity contribution in [3.63, 3.8) is 0 Å². The van der Waals surface area contributed by atoms with Gasteiger partial charge in [0.05, 0.1) is 30.8 Å². The van der Waals surface area contributed by atoms with Crippen molar-refractivity contribution < 1.29 is 43.2 Å². The second kappa shape index (κ2) is 21.7. The van der Waals surface area contributed by atoms with E-state index in [0.29, 0.717) is 60.9 Å². The summed E-state index contributed by atoms with van der Waals surface area (Å²) in [6.45, 7) is 7.64. The quantitative estimate of drug-likeness (QED) is 0.0511. The van der Waals surface area contributed by atoms with Crippen LogP contribution in [0.4, 0.5) is 0 Å². The van der Waals surface area contributed by atoms with Gasteiger partial charge in [-0.3, -0.25) is 4.79 Å². The van der Waals surface area contributed by atoms with E-state index in [0.717, 1.165) is 113 Å². The Balaban J connectivity index is 1.04. The number of fused-ring (bicyclic) bond motifs is 5. The molecule has 9 heteroatoms. The van der Waals surface area contributed by atoms with E-state index < -0.39 is 18.0 Å². The first kappa shape index (κ1) is 41.9. The average molecular weight is 757 g/mol. The standard InChI is InChI=1S/C46H60O9/c1-3-41(48)52-28-12-8-5-6-10-14-32-16-20-34(21-17-32)45(50)54-39-26-27-40(44-37-25-24-36(31-37)43(39)44)55-46(51)35-22-18-33(19-23-35)30-38(47)15-11-7-9-13-29-53-42(49)4-2/h3-4,18-19,22-23,26-27,32,34,36-38,47H,1-2,5-17,20-21,24-25,28-31H2. The van der Waals surface area contributed by atoms with Crippen LogP contribution in [-0.4, -0.2) is 48.3 Å². The normalized spacial score (nSPS) is 20.2. The number of esters is 4. The number of ether oxygens (including phenoxy) is 4. The predicted molar refractivity (Wildman–Crippen MR) is 211 cm³/mol. The molecule has 298 valence electrons. The van der Waals surface area contributed by atoms with E-state index in [1.165, 1.54) is 25.3 Å². The van der Waals surface area contributed by atoms with Gasteiger partial charge in [-0.1, -0.05) is 76.7 Å². The predicted octanol–water partition coefficient (Wildman–Crippen LogP) is 9.64. The summed E-state index contributed by atoms with van der Waals surface area (Å²) in [5.41, 5.74) is 3.46. The van der Waals surface area contributed by atoms with Crippen LogP contribution in [0.1, 0.15) is 154 Å². The highest BCUT2D eigenvalue weighted by molar-refractivity contribution is 5.91. The molecule has 0 aromatic heterocycles. The SMILES string of the molecule is C=CC(=O)OCCCCCCCC1CCC(C(=O)Oc2ccc(OC(=O)c3ccc(CC(O)CCCCCCOC(=O)C=C)cc3)c3c2C2CCC3C2)CC1.